The summed E-state index contributed by atoms with van der Waals surface area (Å²) in [6.45, 7) is 2.13. The van der Waals surface area contributed by atoms with Crippen LogP contribution in [0.25, 0.3) is 11.4 Å². The first kappa shape index (κ1) is 13.2. The summed E-state index contributed by atoms with van der Waals surface area (Å²) in [6.07, 6.45) is 1.99. The van der Waals surface area contributed by atoms with Crippen LogP contribution in [0.3, 0.4) is 0 Å². The Bertz CT molecular complexity index is 542. The van der Waals surface area contributed by atoms with Crippen LogP contribution in [-0.4, -0.2) is 9.97 Å². The van der Waals surface area contributed by atoms with Gasteiger partial charge in [-0.2, -0.15) is 0 Å². The average molecular weight is 424 g/mol. The molecule has 3 nitrogen and oxygen atoms in total. The molecular formula is C11H11BrIN3S. The van der Waals surface area contributed by atoms with Crippen molar-refractivity contribution in [1.29, 1.82) is 0 Å². The number of thiophene rings is 1. The van der Waals surface area contributed by atoms with E-state index in [-0.39, 0.29) is 0 Å². The first-order valence-corrected chi connectivity index (χ1v) is 7.93. The number of nitrogen functional groups attached to an aromatic ring is 1. The smallest absolute Gasteiger partial charge is 0.162 e. The van der Waals surface area contributed by atoms with Crippen molar-refractivity contribution in [2.45, 2.75) is 19.8 Å². The van der Waals surface area contributed by atoms with Gasteiger partial charge in [0.1, 0.15) is 5.82 Å². The highest BCUT2D eigenvalue weighted by Crippen LogP contribution is 2.29. The Kier molecular flexibility index (Phi) is 4.37. The van der Waals surface area contributed by atoms with Crippen LogP contribution >= 0.6 is 49.9 Å². The summed E-state index contributed by atoms with van der Waals surface area (Å²) in [5.41, 5.74) is 7.98. The number of aryl methyl sites for hydroxylation is 1. The van der Waals surface area contributed by atoms with Crippen LogP contribution in [0, 0.1) is 3.57 Å². The van der Waals surface area contributed by atoms with Crippen LogP contribution in [-0.2, 0) is 6.42 Å². The highest BCUT2D eigenvalue weighted by Gasteiger charge is 2.11. The maximum absolute atomic E-state index is 5.93. The number of aromatic nitrogens is 2. The van der Waals surface area contributed by atoms with Gasteiger partial charge in [0.25, 0.3) is 0 Å². The molecule has 2 aromatic rings. The van der Waals surface area contributed by atoms with Gasteiger partial charge >= 0.3 is 0 Å². The van der Waals surface area contributed by atoms with Crippen molar-refractivity contribution in [3.8, 4) is 11.4 Å². The molecule has 0 aliphatic heterocycles. The second-order valence-electron chi connectivity index (χ2n) is 3.58. The third-order valence-corrected chi connectivity index (χ3v) is 4.94. The van der Waals surface area contributed by atoms with E-state index in [0.29, 0.717) is 11.6 Å². The minimum atomic E-state index is 0.571. The van der Waals surface area contributed by atoms with E-state index in [1.54, 1.807) is 11.3 Å². The molecule has 0 fully saturated rings. The Hall–Kier alpha value is -0.210. The third-order valence-electron chi connectivity index (χ3n) is 2.26. The molecule has 0 radical (unpaired) electrons. The van der Waals surface area contributed by atoms with E-state index in [1.807, 2.05) is 11.4 Å². The fraction of sp³-hybridized carbons (Fsp3) is 0.273. The summed E-state index contributed by atoms with van der Waals surface area (Å²) < 4.78 is 2.05. The van der Waals surface area contributed by atoms with E-state index in [1.165, 1.54) is 0 Å². The highest BCUT2D eigenvalue weighted by molar-refractivity contribution is 14.1. The summed E-state index contributed by atoms with van der Waals surface area (Å²) in [5.74, 6) is 1.29. The second kappa shape index (κ2) is 5.62. The predicted molar refractivity (Wildman–Crippen MR) is 84.2 cm³/mol. The fourth-order valence-electron chi connectivity index (χ4n) is 1.47. The summed E-state index contributed by atoms with van der Waals surface area (Å²) in [6, 6.07) is 2.02. The molecule has 0 aromatic carbocycles. The van der Waals surface area contributed by atoms with Gasteiger partial charge in [-0.15, -0.1) is 11.3 Å². The molecule has 0 amide bonds. The quantitative estimate of drug-likeness (QED) is 0.756. The molecule has 6 heteroatoms. The van der Waals surface area contributed by atoms with E-state index in [2.05, 4.69) is 55.4 Å². The number of nitrogens with two attached hydrogens (primary N) is 1. The molecule has 0 aliphatic carbocycles. The minimum absolute atomic E-state index is 0.571. The normalized spacial score (nSPS) is 10.8. The van der Waals surface area contributed by atoms with Gasteiger partial charge in [-0.3, -0.25) is 0 Å². The lowest BCUT2D eigenvalue weighted by molar-refractivity contribution is 0.869. The van der Waals surface area contributed by atoms with Crippen LogP contribution in [0.5, 0.6) is 0 Å². The van der Waals surface area contributed by atoms with Crippen LogP contribution in [0.4, 0.5) is 5.82 Å². The van der Waals surface area contributed by atoms with Crippen molar-refractivity contribution >= 4 is 55.7 Å². The molecule has 2 aromatic heterocycles. The monoisotopic (exact) mass is 423 g/mol. The highest BCUT2D eigenvalue weighted by atomic mass is 127. The maximum atomic E-state index is 5.93. The van der Waals surface area contributed by atoms with Gasteiger partial charge in [-0.25, -0.2) is 9.97 Å². The molecule has 2 N–H and O–H groups in total. The predicted octanol–water partition coefficient (Wildman–Crippen LogP) is 4.11. The van der Waals surface area contributed by atoms with Crippen molar-refractivity contribution in [2.75, 3.05) is 5.73 Å². The summed E-state index contributed by atoms with van der Waals surface area (Å²) in [5, 5.41) is 2.03. The van der Waals surface area contributed by atoms with Gasteiger partial charge in [0, 0.05) is 10.9 Å². The van der Waals surface area contributed by atoms with Crippen molar-refractivity contribution in [3.05, 3.63) is 24.5 Å². The zero-order chi connectivity index (χ0) is 12.4. The molecule has 0 saturated heterocycles. The molecule has 0 aliphatic rings. The van der Waals surface area contributed by atoms with E-state index in [0.717, 1.165) is 31.5 Å². The van der Waals surface area contributed by atoms with E-state index in [4.69, 9.17) is 5.73 Å². The molecule has 2 heterocycles. The van der Waals surface area contributed by atoms with E-state index in [9.17, 15) is 0 Å². The van der Waals surface area contributed by atoms with Crippen molar-refractivity contribution in [3.63, 3.8) is 0 Å². The van der Waals surface area contributed by atoms with Gasteiger partial charge in [0.15, 0.2) is 5.82 Å². The number of nitrogens with zero attached hydrogens (tertiary/aromatic N) is 2. The molecule has 17 heavy (non-hydrogen) atoms. The fourth-order valence-corrected chi connectivity index (χ4v) is 3.12. The Morgan fingerprint density at radius 2 is 2.24 bits per heavy atom. The van der Waals surface area contributed by atoms with Crippen molar-refractivity contribution < 1.29 is 0 Å². The lowest BCUT2D eigenvalue weighted by Crippen LogP contribution is -2.04. The number of halogens is 2. The Labute approximate surface area is 126 Å². The number of rotatable bonds is 3. The Morgan fingerprint density at radius 1 is 1.47 bits per heavy atom. The topological polar surface area (TPSA) is 51.8 Å². The Balaban J connectivity index is 2.48. The molecule has 0 atom stereocenters. The molecule has 0 unspecified atom stereocenters. The molecular weight excluding hydrogens is 413 g/mol. The molecule has 0 bridgehead atoms. The number of hydrogen-bond donors (Lipinski definition) is 1. The average Bonchev–Trinajstić information content (AvgIpc) is 2.71. The second-order valence-corrected chi connectivity index (χ2v) is 6.95. The van der Waals surface area contributed by atoms with E-state index >= 15 is 0 Å². The lowest BCUT2D eigenvalue weighted by Gasteiger charge is -2.07. The van der Waals surface area contributed by atoms with Gasteiger partial charge in [-0.05, 0) is 51.0 Å². The molecule has 90 valence electrons. The summed E-state index contributed by atoms with van der Waals surface area (Å²) in [4.78, 5) is 8.94. The van der Waals surface area contributed by atoms with Crippen LogP contribution < -0.4 is 5.73 Å². The third kappa shape index (κ3) is 2.97. The summed E-state index contributed by atoms with van der Waals surface area (Å²) in [7, 11) is 0. The van der Waals surface area contributed by atoms with Gasteiger partial charge in [-0.1, -0.05) is 13.3 Å². The molecule has 2 rings (SSSR count). The lowest BCUT2D eigenvalue weighted by atomic mass is 10.2. The van der Waals surface area contributed by atoms with Gasteiger partial charge in [0.05, 0.1) is 13.1 Å². The Morgan fingerprint density at radius 3 is 2.82 bits per heavy atom. The van der Waals surface area contributed by atoms with Gasteiger partial charge in [0.2, 0.25) is 0 Å². The maximum Gasteiger partial charge on any atom is 0.162 e. The van der Waals surface area contributed by atoms with Crippen molar-refractivity contribution in [1.82, 2.24) is 9.97 Å². The number of anilines is 1. The zero-order valence-corrected chi connectivity index (χ0v) is 13.8. The zero-order valence-electron chi connectivity index (χ0n) is 9.20. The molecule has 0 saturated carbocycles. The molecule has 0 spiro atoms. The van der Waals surface area contributed by atoms with Gasteiger partial charge < -0.3 is 5.73 Å². The van der Waals surface area contributed by atoms with Crippen LogP contribution in [0.15, 0.2) is 15.2 Å². The standard InChI is InChI=1S/C11H11BrIN3S/c1-2-3-7-9(13)10(14)16-11(15-7)6-4-8(12)17-5-6/h4-5H,2-3H2,1H3,(H2,14,15,16). The first-order chi connectivity index (χ1) is 8.11. The SMILES string of the molecule is CCCc1nc(-c2csc(Br)c2)nc(N)c1I. The largest absolute Gasteiger partial charge is 0.383 e. The van der Waals surface area contributed by atoms with E-state index < -0.39 is 0 Å². The first-order valence-electron chi connectivity index (χ1n) is 5.18. The van der Waals surface area contributed by atoms with Crippen molar-refractivity contribution in [2.24, 2.45) is 0 Å². The number of hydrogen-bond acceptors (Lipinski definition) is 4. The summed E-state index contributed by atoms with van der Waals surface area (Å²) >= 11 is 7.28. The van der Waals surface area contributed by atoms with Crippen LogP contribution in [0.2, 0.25) is 0 Å². The minimum Gasteiger partial charge on any atom is -0.383 e. The van der Waals surface area contributed by atoms with Crippen LogP contribution in [0.1, 0.15) is 19.0 Å².